The van der Waals surface area contributed by atoms with Gasteiger partial charge in [-0.05, 0) is 25.3 Å². The van der Waals surface area contributed by atoms with Crippen LogP contribution in [0.2, 0.25) is 0 Å². The fourth-order valence-corrected chi connectivity index (χ4v) is 6.10. The Kier molecular flexibility index (Phi) is 2.11. The molecule has 14 heavy (non-hydrogen) atoms. The zero-order valence-corrected chi connectivity index (χ0v) is 10.1. The Morgan fingerprint density at radius 1 is 1.50 bits per heavy atom. The van der Waals surface area contributed by atoms with Gasteiger partial charge in [-0.1, -0.05) is 0 Å². The molecular formula is C7H9NO3S3. The first-order valence-corrected chi connectivity index (χ1v) is 7.39. The standard InChI is InChI=1S/C7H9NO3S3/c1-7(2)6-5(3-4-12-6)14(10,11)8-13(7)9/h3-4,8H,1-2H3. The number of fused-ring (bicyclic) bond motifs is 1. The topological polar surface area (TPSA) is 63.2 Å². The largest absolute Gasteiger partial charge is 0.252 e. The average molecular weight is 251 g/mol. The lowest BCUT2D eigenvalue weighted by Crippen LogP contribution is -2.42. The van der Waals surface area contributed by atoms with Crippen LogP contribution in [0, 0.1) is 0 Å². The summed E-state index contributed by atoms with van der Waals surface area (Å²) in [5.74, 6) is 0. The van der Waals surface area contributed by atoms with Gasteiger partial charge in [-0.15, -0.1) is 15.5 Å². The highest BCUT2D eigenvalue weighted by Crippen LogP contribution is 2.39. The average Bonchev–Trinajstić information content (AvgIpc) is 2.49. The summed E-state index contributed by atoms with van der Waals surface area (Å²) >= 11 is 1.33. The second-order valence-corrected chi connectivity index (χ2v) is 8.07. The second kappa shape index (κ2) is 2.88. The zero-order valence-electron chi connectivity index (χ0n) is 7.60. The van der Waals surface area contributed by atoms with E-state index >= 15 is 0 Å². The molecule has 0 spiro atoms. The molecular weight excluding hydrogens is 242 g/mol. The summed E-state index contributed by atoms with van der Waals surface area (Å²) in [6, 6.07) is 1.54. The molecule has 78 valence electrons. The zero-order chi connectivity index (χ0) is 10.6. The number of hydrogen-bond acceptors (Lipinski definition) is 4. The van der Waals surface area contributed by atoms with Crippen molar-refractivity contribution in [1.29, 1.82) is 0 Å². The van der Waals surface area contributed by atoms with Crippen LogP contribution in [0.5, 0.6) is 0 Å². The van der Waals surface area contributed by atoms with E-state index in [9.17, 15) is 12.6 Å². The summed E-state index contributed by atoms with van der Waals surface area (Å²) in [7, 11) is -5.15. The van der Waals surface area contributed by atoms with Crippen LogP contribution in [0.15, 0.2) is 16.3 Å². The van der Waals surface area contributed by atoms with Crippen molar-refractivity contribution in [2.75, 3.05) is 0 Å². The minimum atomic E-state index is -3.56. The smallest absolute Gasteiger partial charge is 0.241 e. The van der Waals surface area contributed by atoms with Gasteiger partial charge in [0.2, 0.25) is 0 Å². The third kappa shape index (κ3) is 1.27. The number of nitrogens with one attached hydrogen (secondary N) is 1. The molecule has 7 heteroatoms. The van der Waals surface area contributed by atoms with E-state index in [-0.39, 0.29) is 4.90 Å². The lowest BCUT2D eigenvalue weighted by molar-refractivity contribution is 0.579. The van der Waals surface area contributed by atoms with E-state index in [2.05, 4.69) is 4.13 Å². The molecule has 1 aliphatic rings. The predicted octanol–water partition coefficient (Wildman–Crippen LogP) is 0.939. The third-order valence-electron chi connectivity index (χ3n) is 2.11. The summed E-state index contributed by atoms with van der Waals surface area (Å²) in [6.07, 6.45) is 0. The van der Waals surface area contributed by atoms with E-state index in [0.717, 1.165) is 0 Å². The van der Waals surface area contributed by atoms with Crippen molar-refractivity contribution < 1.29 is 12.6 Å². The Labute approximate surface area is 89.0 Å². The van der Waals surface area contributed by atoms with Crippen molar-refractivity contribution in [3.05, 3.63) is 16.3 Å². The van der Waals surface area contributed by atoms with Gasteiger partial charge in [0.1, 0.15) is 11.0 Å². The van der Waals surface area contributed by atoms with Crippen molar-refractivity contribution in [2.24, 2.45) is 0 Å². The Bertz CT molecular complexity index is 500. The van der Waals surface area contributed by atoms with Gasteiger partial charge < -0.3 is 0 Å². The van der Waals surface area contributed by atoms with E-state index in [1.165, 1.54) is 11.3 Å². The molecule has 0 fully saturated rings. The van der Waals surface area contributed by atoms with Crippen LogP contribution in [0.25, 0.3) is 0 Å². The van der Waals surface area contributed by atoms with Crippen LogP contribution in [0.1, 0.15) is 18.7 Å². The lowest BCUT2D eigenvalue weighted by atomic mass is 10.2. The van der Waals surface area contributed by atoms with E-state index < -0.39 is 25.8 Å². The third-order valence-corrected chi connectivity index (χ3v) is 7.14. The Morgan fingerprint density at radius 2 is 2.14 bits per heavy atom. The SMILES string of the molecule is CC1(C)c2sccc2S(=O)(=O)NS1=O. The minimum Gasteiger partial charge on any atom is -0.241 e. The van der Waals surface area contributed by atoms with Gasteiger partial charge in [-0.2, -0.15) is 0 Å². The first-order valence-electron chi connectivity index (χ1n) is 3.88. The van der Waals surface area contributed by atoms with Crippen LogP contribution >= 0.6 is 11.3 Å². The molecule has 2 rings (SSSR count). The van der Waals surface area contributed by atoms with Crippen molar-refractivity contribution in [1.82, 2.24) is 4.13 Å². The quantitative estimate of drug-likeness (QED) is 0.746. The van der Waals surface area contributed by atoms with Crippen molar-refractivity contribution in [2.45, 2.75) is 23.5 Å². The van der Waals surface area contributed by atoms with E-state index in [4.69, 9.17) is 0 Å². The lowest BCUT2D eigenvalue weighted by Gasteiger charge is -2.28. The molecule has 0 amide bonds. The highest BCUT2D eigenvalue weighted by atomic mass is 32.3. The summed E-state index contributed by atoms with van der Waals surface area (Å²) in [5.41, 5.74) is 0. The maximum Gasteiger partial charge on any atom is 0.252 e. The molecule has 0 saturated heterocycles. The monoisotopic (exact) mass is 251 g/mol. The Morgan fingerprint density at radius 3 is 2.79 bits per heavy atom. The van der Waals surface area contributed by atoms with Gasteiger partial charge in [0.05, 0.1) is 9.64 Å². The van der Waals surface area contributed by atoms with Gasteiger partial charge >= 0.3 is 0 Å². The van der Waals surface area contributed by atoms with Crippen molar-refractivity contribution in [3.8, 4) is 0 Å². The van der Waals surface area contributed by atoms with Crippen LogP contribution in [0.4, 0.5) is 0 Å². The van der Waals surface area contributed by atoms with Gasteiger partial charge in [-0.3, -0.25) is 0 Å². The van der Waals surface area contributed by atoms with Crippen LogP contribution in [0.3, 0.4) is 0 Å². The maximum atomic E-state index is 11.6. The molecule has 2 heterocycles. The highest BCUT2D eigenvalue weighted by Gasteiger charge is 2.42. The van der Waals surface area contributed by atoms with Gasteiger partial charge in [0.15, 0.2) is 0 Å². The van der Waals surface area contributed by atoms with E-state index in [1.54, 1.807) is 25.3 Å². The van der Waals surface area contributed by atoms with Crippen LogP contribution in [-0.2, 0) is 25.8 Å². The molecule has 0 bridgehead atoms. The Balaban J connectivity index is 2.78. The van der Waals surface area contributed by atoms with Gasteiger partial charge in [0, 0.05) is 4.88 Å². The Hall–Kier alpha value is -0.240. The first-order chi connectivity index (χ1) is 6.36. The van der Waals surface area contributed by atoms with Gasteiger partial charge in [-0.25, -0.2) is 12.6 Å². The predicted molar refractivity (Wildman–Crippen MR) is 55.8 cm³/mol. The number of thiophene rings is 1. The molecule has 1 unspecified atom stereocenters. The molecule has 0 aromatic carbocycles. The molecule has 1 aromatic heterocycles. The van der Waals surface area contributed by atoms with E-state index in [0.29, 0.717) is 4.88 Å². The van der Waals surface area contributed by atoms with E-state index in [1.807, 2.05) is 0 Å². The molecule has 1 N–H and O–H groups in total. The number of rotatable bonds is 0. The van der Waals surface area contributed by atoms with Gasteiger partial charge in [0.25, 0.3) is 10.0 Å². The van der Waals surface area contributed by atoms with Crippen molar-refractivity contribution in [3.63, 3.8) is 0 Å². The second-order valence-electron chi connectivity index (χ2n) is 3.48. The molecule has 4 nitrogen and oxygen atoms in total. The van der Waals surface area contributed by atoms with Crippen molar-refractivity contribution >= 4 is 32.3 Å². The summed E-state index contributed by atoms with van der Waals surface area (Å²) in [4.78, 5) is 0.918. The molecule has 1 atom stereocenters. The normalized spacial score (nSPS) is 28.3. The van der Waals surface area contributed by atoms with Crippen LogP contribution < -0.4 is 4.13 Å². The molecule has 0 saturated carbocycles. The fraction of sp³-hybridized carbons (Fsp3) is 0.429. The summed E-state index contributed by atoms with van der Waals surface area (Å²) in [5, 5.41) is 1.70. The maximum absolute atomic E-state index is 11.6. The molecule has 0 aliphatic carbocycles. The minimum absolute atomic E-state index is 0.257. The molecule has 1 aromatic rings. The number of sulfonamides is 1. The number of hydrogen-bond donors (Lipinski definition) is 1. The first kappa shape index (κ1) is 10.3. The molecule has 0 radical (unpaired) electrons. The fourth-order valence-electron chi connectivity index (χ4n) is 1.28. The highest BCUT2D eigenvalue weighted by molar-refractivity contribution is 8.03. The summed E-state index contributed by atoms with van der Waals surface area (Å²) in [6.45, 7) is 3.53. The summed E-state index contributed by atoms with van der Waals surface area (Å²) < 4.78 is 36.2. The van der Waals surface area contributed by atoms with Crippen LogP contribution in [-0.4, -0.2) is 12.6 Å². The molecule has 1 aliphatic heterocycles.